The van der Waals surface area contributed by atoms with Gasteiger partial charge in [0.05, 0.1) is 5.69 Å². The molecule has 1 amide bonds. The molecule has 0 atom stereocenters. The molecular weight excluding hydrogens is 366 g/mol. The fourth-order valence-corrected chi connectivity index (χ4v) is 3.62. The number of nitrogens with zero attached hydrogens (tertiary/aromatic N) is 2. The Morgan fingerprint density at radius 1 is 1.19 bits per heavy atom. The molecule has 134 valence electrons. The van der Waals surface area contributed by atoms with Gasteiger partial charge in [0.15, 0.2) is 5.13 Å². The lowest BCUT2D eigenvalue weighted by atomic mass is 10.1. The smallest absolute Gasteiger partial charge is 0.251 e. The van der Waals surface area contributed by atoms with Crippen molar-refractivity contribution in [1.29, 1.82) is 0 Å². The summed E-state index contributed by atoms with van der Waals surface area (Å²) in [7, 11) is 2.01. The minimum Gasteiger partial charge on any atom is -0.352 e. The standard InChI is InChI=1S/C20H20ClN3OS/c1-3-22-19(25)15-10-8-14(9-11-15)12-24(2)20-23-18(13-26-20)16-6-4-5-7-17(16)21/h4-11,13H,3,12H2,1-2H3,(H,22,25). The minimum absolute atomic E-state index is 0.0447. The number of hydrogen-bond donors (Lipinski definition) is 1. The SMILES string of the molecule is CCNC(=O)c1ccc(CN(C)c2nc(-c3ccccc3Cl)cs2)cc1. The Labute approximate surface area is 162 Å². The van der Waals surface area contributed by atoms with Gasteiger partial charge in [0.1, 0.15) is 0 Å². The highest BCUT2D eigenvalue weighted by molar-refractivity contribution is 7.14. The molecule has 1 aromatic heterocycles. The molecule has 3 rings (SSSR count). The Balaban J connectivity index is 1.70. The Morgan fingerprint density at radius 3 is 2.62 bits per heavy atom. The number of aromatic nitrogens is 1. The first-order chi connectivity index (χ1) is 12.6. The summed E-state index contributed by atoms with van der Waals surface area (Å²) in [6.45, 7) is 3.25. The summed E-state index contributed by atoms with van der Waals surface area (Å²) in [5.74, 6) is -0.0447. The molecule has 4 nitrogen and oxygen atoms in total. The molecule has 6 heteroatoms. The number of amides is 1. The van der Waals surface area contributed by atoms with Crippen LogP contribution < -0.4 is 10.2 Å². The van der Waals surface area contributed by atoms with Crippen LogP contribution in [0.15, 0.2) is 53.9 Å². The van der Waals surface area contributed by atoms with Crippen molar-refractivity contribution >= 4 is 34.0 Å². The molecule has 0 aliphatic heterocycles. The van der Waals surface area contributed by atoms with Gasteiger partial charge in [-0.1, -0.05) is 41.9 Å². The van der Waals surface area contributed by atoms with E-state index in [1.165, 1.54) is 0 Å². The number of rotatable bonds is 6. The van der Waals surface area contributed by atoms with Gasteiger partial charge in [-0.05, 0) is 30.7 Å². The van der Waals surface area contributed by atoms with Crippen molar-refractivity contribution < 1.29 is 4.79 Å². The van der Waals surface area contributed by atoms with E-state index in [2.05, 4.69) is 10.2 Å². The van der Waals surface area contributed by atoms with Crippen LogP contribution in [0.3, 0.4) is 0 Å². The Hall–Kier alpha value is -2.37. The monoisotopic (exact) mass is 385 g/mol. The number of hydrogen-bond acceptors (Lipinski definition) is 4. The molecule has 3 aromatic rings. The highest BCUT2D eigenvalue weighted by atomic mass is 35.5. The van der Waals surface area contributed by atoms with Crippen LogP contribution in [0, 0.1) is 0 Å². The molecule has 0 saturated carbocycles. The third kappa shape index (κ3) is 4.23. The maximum atomic E-state index is 11.8. The minimum atomic E-state index is -0.0447. The van der Waals surface area contributed by atoms with E-state index in [1.54, 1.807) is 11.3 Å². The van der Waals surface area contributed by atoms with Crippen LogP contribution in [0.25, 0.3) is 11.3 Å². The predicted molar refractivity (Wildman–Crippen MR) is 109 cm³/mol. The van der Waals surface area contributed by atoms with Gasteiger partial charge in [-0.3, -0.25) is 4.79 Å². The first-order valence-corrected chi connectivity index (χ1v) is 9.63. The van der Waals surface area contributed by atoms with E-state index in [1.807, 2.05) is 67.9 Å². The van der Waals surface area contributed by atoms with Gasteiger partial charge >= 0.3 is 0 Å². The number of carbonyl (C=O) groups is 1. The predicted octanol–water partition coefficient (Wildman–Crippen LogP) is 4.85. The summed E-state index contributed by atoms with van der Waals surface area (Å²) in [5.41, 5.74) is 3.62. The van der Waals surface area contributed by atoms with Gasteiger partial charge in [0.2, 0.25) is 0 Å². The third-order valence-corrected chi connectivity index (χ3v) is 5.23. The van der Waals surface area contributed by atoms with Crippen LogP contribution in [0.1, 0.15) is 22.8 Å². The molecule has 0 aliphatic rings. The molecule has 2 aromatic carbocycles. The lowest BCUT2D eigenvalue weighted by molar-refractivity contribution is 0.0956. The van der Waals surface area contributed by atoms with E-state index in [0.29, 0.717) is 23.7 Å². The molecule has 0 saturated heterocycles. The molecule has 0 aliphatic carbocycles. The average Bonchev–Trinajstić information content (AvgIpc) is 3.13. The van der Waals surface area contributed by atoms with Crippen molar-refractivity contribution in [2.24, 2.45) is 0 Å². The van der Waals surface area contributed by atoms with Crippen molar-refractivity contribution in [2.75, 3.05) is 18.5 Å². The van der Waals surface area contributed by atoms with E-state index in [4.69, 9.17) is 16.6 Å². The normalized spacial score (nSPS) is 10.6. The second-order valence-corrected chi connectivity index (χ2v) is 7.15. The van der Waals surface area contributed by atoms with Gasteiger partial charge in [0, 0.05) is 41.7 Å². The van der Waals surface area contributed by atoms with E-state index in [0.717, 1.165) is 22.0 Å². The zero-order chi connectivity index (χ0) is 18.5. The van der Waals surface area contributed by atoms with Crippen molar-refractivity contribution in [3.05, 3.63) is 70.1 Å². The second-order valence-electron chi connectivity index (χ2n) is 5.91. The maximum Gasteiger partial charge on any atom is 0.251 e. The van der Waals surface area contributed by atoms with Gasteiger partial charge in [0.25, 0.3) is 5.91 Å². The largest absolute Gasteiger partial charge is 0.352 e. The topological polar surface area (TPSA) is 45.2 Å². The average molecular weight is 386 g/mol. The van der Waals surface area contributed by atoms with Crippen LogP contribution in [0.4, 0.5) is 5.13 Å². The number of halogens is 1. The molecule has 0 spiro atoms. The van der Waals surface area contributed by atoms with Crippen LogP contribution in [-0.2, 0) is 6.54 Å². The molecule has 0 unspecified atom stereocenters. The first-order valence-electron chi connectivity index (χ1n) is 8.37. The molecule has 0 fully saturated rings. The number of carbonyl (C=O) groups excluding carboxylic acids is 1. The lowest BCUT2D eigenvalue weighted by Crippen LogP contribution is -2.22. The number of thiazole rings is 1. The second kappa shape index (κ2) is 8.34. The van der Waals surface area contributed by atoms with Crippen LogP contribution in [-0.4, -0.2) is 24.5 Å². The van der Waals surface area contributed by atoms with Gasteiger partial charge in [-0.15, -0.1) is 11.3 Å². The Kier molecular flexibility index (Phi) is 5.91. The van der Waals surface area contributed by atoms with Crippen LogP contribution >= 0.6 is 22.9 Å². The lowest BCUT2D eigenvalue weighted by Gasteiger charge is -2.16. The summed E-state index contributed by atoms with van der Waals surface area (Å²) in [6.07, 6.45) is 0. The Bertz CT molecular complexity index is 892. The van der Waals surface area contributed by atoms with Crippen LogP contribution in [0.2, 0.25) is 5.02 Å². The van der Waals surface area contributed by atoms with Gasteiger partial charge in [-0.25, -0.2) is 4.98 Å². The summed E-state index contributed by atoms with van der Waals surface area (Å²) < 4.78 is 0. The number of benzene rings is 2. The van der Waals surface area contributed by atoms with E-state index >= 15 is 0 Å². The van der Waals surface area contributed by atoms with Gasteiger partial charge in [-0.2, -0.15) is 0 Å². The van der Waals surface area contributed by atoms with E-state index in [9.17, 15) is 4.79 Å². The van der Waals surface area contributed by atoms with Crippen molar-refractivity contribution in [3.8, 4) is 11.3 Å². The molecule has 26 heavy (non-hydrogen) atoms. The number of anilines is 1. The molecule has 0 bridgehead atoms. The zero-order valence-electron chi connectivity index (χ0n) is 14.7. The Morgan fingerprint density at radius 2 is 1.92 bits per heavy atom. The fourth-order valence-electron chi connectivity index (χ4n) is 2.60. The molecular formula is C20H20ClN3OS. The van der Waals surface area contributed by atoms with Crippen LogP contribution in [0.5, 0.6) is 0 Å². The quantitative estimate of drug-likeness (QED) is 0.659. The van der Waals surface area contributed by atoms with Gasteiger partial charge < -0.3 is 10.2 Å². The highest BCUT2D eigenvalue weighted by Gasteiger charge is 2.11. The summed E-state index contributed by atoms with van der Waals surface area (Å²) in [6, 6.07) is 15.4. The van der Waals surface area contributed by atoms with Crippen molar-refractivity contribution in [3.63, 3.8) is 0 Å². The molecule has 1 heterocycles. The van der Waals surface area contributed by atoms with Crippen molar-refractivity contribution in [2.45, 2.75) is 13.5 Å². The summed E-state index contributed by atoms with van der Waals surface area (Å²) in [4.78, 5) is 18.6. The summed E-state index contributed by atoms with van der Waals surface area (Å²) >= 11 is 7.85. The number of nitrogens with one attached hydrogen (secondary N) is 1. The zero-order valence-corrected chi connectivity index (χ0v) is 16.3. The maximum absolute atomic E-state index is 11.8. The van der Waals surface area contributed by atoms with E-state index < -0.39 is 0 Å². The third-order valence-electron chi connectivity index (χ3n) is 3.94. The highest BCUT2D eigenvalue weighted by Crippen LogP contribution is 2.31. The van der Waals surface area contributed by atoms with E-state index in [-0.39, 0.29) is 5.91 Å². The summed E-state index contributed by atoms with van der Waals surface area (Å²) in [5, 5.41) is 6.45. The first kappa shape index (κ1) is 18.4. The van der Waals surface area contributed by atoms with Crippen molar-refractivity contribution in [1.82, 2.24) is 10.3 Å². The fraction of sp³-hybridized carbons (Fsp3) is 0.200. The molecule has 0 radical (unpaired) electrons. The molecule has 1 N–H and O–H groups in total.